The van der Waals surface area contributed by atoms with Gasteiger partial charge in [-0.1, -0.05) is 26.7 Å². The van der Waals surface area contributed by atoms with Crippen LogP contribution in [0.5, 0.6) is 5.75 Å². The van der Waals surface area contributed by atoms with Crippen LogP contribution >= 0.6 is 10.7 Å². The molecule has 0 fully saturated rings. The van der Waals surface area contributed by atoms with Crippen molar-refractivity contribution >= 4 is 25.4 Å². The maximum Gasteiger partial charge on any atom is 0.312 e. The molecule has 1 aromatic carbocycles. The predicted molar refractivity (Wildman–Crippen MR) is 80.4 cm³/mol. The Bertz CT molecular complexity index is 626. The van der Waals surface area contributed by atoms with Crippen LogP contribution in [-0.4, -0.2) is 19.9 Å². The molecule has 0 saturated carbocycles. The highest BCUT2D eigenvalue weighted by atomic mass is 35.7. The van der Waals surface area contributed by atoms with Gasteiger partial charge in [-0.2, -0.15) is 0 Å². The number of nitro benzene ring substituents is 1. The van der Waals surface area contributed by atoms with Crippen LogP contribution in [0, 0.1) is 23.0 Å². The molecule has 0 unspecified atom stereocenters. The molecule has 0 amide bonds. The molecule has 0 aliphatic rings. The van der Waals surface area contributed by atoms with Gasteiger partial charge in [-0.25, -0.2) is 8.42 Å². The normalized spacial score (nSPS) is 11.7. The molecule has 0 spiro atoms. The molecule has 0 atom stereocenters. The van der Waals surface area contributed by atoms with Crippen molar-refractivity contribution < 1.29 is 18.1 Å². The van der Waals surface area contributed by atoms with Gasteiger partial charge in [0.25, 0.3) is 9.05 Å². The van der Waals surface area contributed by atoms with E-state index in [9.17, 15) is 18.5 Å². The van der Waals surface area contributed by atoms with Gasteiger partial charge in [-0.3, -0.25) is 10.1 Å². The molecule has 21 heavy (non-hydrogen) atoms. The average Bonchev–Trinajstić information content (AvgIpc) is 2.38. The van der Waals surface area contributed by atoms with Crippen molar-refractivity contribution in [1.82, 2.24) is 0 Å². The molecule has 1 aromatic rings. The van der Waals surface area contributed by atoms with Crippen LogP contribution in [0.2, 0.25) is 0 Å². The summed E-state index contributed by atoms with van der Waals surface area (Å²) in [6, 6.07) is 2.29. The van der Waals surface area contributed by atoms with Crippen LogP contribution in [0.15, 0.2) is 17.0 Å². The molecule has 6 nitrogen and oxygen atoms in total. The topological polar surface area (TPSA) is 86.5 Å². The van der Waals surface area contributed by atoms with E-state index in [-0.39, 0.29) is 10.6 Å². The van der Waals surface area contributed by atoms with Crippen molar-refractivity contribution in [2.75, 3.05) is 6.61 Å². The minimum atomic E-state index is -4.03. The van der Waals surface area contributed by atoms with Crippen molar-refractivity contribution in [2.45, 2.75) is 38.5 Å². The third-order valence-corrected chi connectivity index (χ3v) is 4.81. The Morgan fingerprint density at radius 3 is 2.33 bits per heavy atom. The molecule has 0 aromatic heterocycles. The largest absolute Gasteiger partial charge is 0.487 e. The van der Waals surface area contributed by atoms with E-state index in [1.807, 2.05) is 13.8 Å². The first-order valence-electron chi connectivity index (χ1n) is 6.57. The first kappa shape index (κ1) is 17.7. The van der Waals surface area contributed by atoms with Gasteiger partial charge in [0.15, 0.2) is 5.75 Å². The summed E-state index contributed by atoms with van der Waals surface area (Å²) in [7, 11) is 1.24. The number of ether oxygens (including phenoxy) is 1. The predicted octanol–water partition coefficient (Wildman–Crippen LogP) is 3.65. The standard InChI is InChI=1S/C13H18ClNO5S/c1-4-10(5-2)8-20-12-6-9(3)13(21(14,18)19)7-11(12)15(16)17/h6-7,10H,4-5,8H2,1-3H3. The molecule has 0 heterocycles. The Kier molecular flexibility index (Phi) is 5.98. The lowest BCUT2D eigenvalue weighted by molar-refractivity contribution is -0.386. The summed E-state index contributed by atoms with van der Waals surface area (Å²) in [5.74, 6) is 0.356. The molecule has 0 aliphatic carbocycles. The Hall–Kier alpha value is -1.34. The lowest BCUT2D eigenvalue weighted by Gasteiger charge is -2.14. The highest BCUT2D eigenvalue weighted by Gasteiger charge is 2.24. The highest BCUT2D eigenvalue weighted by Crippen LogP contribution is 2.34. The van der Waals surface area contributed by atoms with E-state index < -0.39 is 19.7 Å². The summed E-state index contributed by atoms with van der Waals surface area (Å²) in [4.78, 5) is 10.1. The van der Waals surface area contributed by atoms with E-state index in [4.69, 9.17) is 15.4 Å². The SMILES string of the molecule is CCC(CC)COc1cc(C)c(S(=O)(=O)Cl)cc1[N+](=O)[O-]. The van der Waals surface area contributed by atoms with Crippen molar-refractivity contribution in [3.05, 3.63) is 27.8 Å². The fraction of sp³-hybridized carbons (Fsp3) is 0.538. The molecule has 0 radical (unpaired) electrons. The van der Waals surface area contributed by atoms with Crippen LogP contribution in [0.25, 0.3) is 0 Å². The quantitative estimate of drug-likeness (QED) is 0.431. The fourth-order valence-corrected chi connectivity index (χ4v) is 3.10. The van der Waals surface area contributed by atoms with Gasteiger partial charge in [0, 0.05) is 16.7 Å². The molecular formula is C13H18ClNO5S. The fourth-order valence-electron chi connectivity index (χ4n) is 1.90. The summed E-state index contributed by atoms with van der Waals surface area (Å²) < 4.78 is 28.3. The molecule has 0 N–H and O–H groups in total. The van der Waals surface area contributed by atoms with Crippen molar-refractivity contribution in [1.29, 1.82) is 0 Å². The number of halogens is 1. The number of benzene rings is 1. The first-order valence-corrected chi connectivity index (χ1v) is 8.88. The van der Waals surface area contributed by atoms with Crippen molar-refractivity contribution in [3.63, 3.8) is 0 Å². The molecule has 0 saturated heterocycles. The van der Waals surface area contributed by atoms with E-state index in [0.717, 1.165) is 18.9 Å². The van der Waals surface area contributed by atoms with Crippen molar-refractivity contribution in [3.8, 4) is 5.75 Å². The summed E-state index contributed by atoms with van der Waals surface area (Å²) in [6.07, 6.45) is 1.80. The second kappa shape index (κ2) is 7.09. The Labute approximate surface area is 128 Å². The van der Waals surface area contributed by atoms with E-state index in [1.54, 1.807) is 0 Å². The van der Waals surface area contributed by atoms with Gasteiger partial charge in [0.1, 0.15) is 0 Å². The van der Waals surface area contributed by atoms with E-state index in [1.165, 1.54) is 13.0 Å². The number of hydrogen-bond donors (Lipinski definition) is 0. The van der Waals surface area contributed by atoms with Crippen LogP contribution in [0.4, 0.5) is 5.69 Å². The van der Waals surface area contributed by atoms with Crippen molar-refractivity contribution in [2.24, 2.45) is 5.92 Å². The van der Waals surface area contributed by atoms with E-state index >= 15 is 0 Å². The van der Waals surface area contributed by atoms with Gasteiger partial charge in [-0.05, 0) is 24.5 Å². The number of nitro groups is 1. The summed E-state index contributed by atoms with van der Waals surface area (Å²) in [5, 5.41) is 11.1. The minimum Gasteiger partial charge on any atom is -0.487 e. The van der Waals surface area contributed by atoms with Crippen LogP contribution in [-0.2, 0) is 9.05 Å². The van der Waals surface area contributed by atoms with Gasteiger partial charge in [-0.15, -0.1) is 0 Å². The van der Waals surface area contributed by atoms with E-state index in [0.29, 0.717) is 18.1 Å². The van der Waals surface area contributed by atoms with Gasteiger partial charge >= 0.3 is 5.69 Å². The Morgan fingerprint density at radius 1 is 1.33 bits per heavy atom. The molecule has 118 valence electrons. The number of hydrogen-bond acceptors (Lipinski definition) is 5. The first-order chi connectivity index (χ1) is 9.70. The molecule has 1 rings (SSSR count). The lowest BCUT2D eigenvalue weighted by Crippen LogP contribution is -2.11. The van der Waals surface area contributed by atoms with Crippen LogP contribution in [0.3, 0.4) is 0 Å². The number of nitrogens with zero attached hydrogens (tertiary/aromatic N) is 1. The monoisotopic (exact) mass is 335 g/mol. The zero-order valence-corrected chi connectivity index (χ0v) is 13.7. The van der Waals surface area contributed by atoms with E-state index in [2.05, 4.69) is 0 Å². The third kappa shape index (κ3) is 4.57. The van der Waals surface area contributed by atoms with Gasteiger partial charge < -0.3 is 4.74 Å². The summed E-state index contributed by atoms with van der Waals surface area (Å²) in [6.45, 7) is 5.89. The smallest absolute Gasteiger partial charge is 0.312 e. The summed E-state index contributed by atoms with van der Waals surface area (Å²) in [5.41, 5.74) is -0.0825. The van der Waals surface area contributed by atoms with Gasteiger partial charge in [0.2, 0.25) is 0 Å². The third-order valence-electron chi connectivity index (χ3n) is 3.35. The Morgan fingerprint density at radius 2 is 1.90 bits per heavy atom. The minimum absolute atomic E-state index is 0.0634. The van der Waals surface area contributed by atoms with Crippen LogP contribution < -0.4 is 4.74 Å². The maximum absolute atomic E-state index is 11.4. The second-order valence-electron chi connectivity index (χ2n) is 4.77. The highest BCUT2D eigenvalue weighted by molar-refractivity contribution is 8.13. The molecular weight excluding hydrogens is 318 g/mol. The second-order valence-corrected chi connectivity index (χ2v) is 7.31. The number of rotatable bonds is 7. The van der Waals surface area contributed by atoms with Gasteiger partial charge in [0.05, 0.1) is 16.4 Å². The molecule has 0 aliphatic heterocycles. The maximum atomic E-state index is 11.4. The van der Waals surface area contributed by atoms with Crippen LogP contribution in [0.1, 0.15) is 32.3 Å². The zero-order chi connectivity index (χ0) is 16.2. The number of aryl methyl sites for hydroxylation is 1. The molecule has 8 heteroatoms. The zero-order valence-electron chi connectivity index (χ0n) is 12.1. The summed E-state index contributed by atoms with van der Waals surface area (Å²) >= 11 is 0. The molecule has 0 bridgehead atoms. The Balaban J connectivity index is 3.21. The lowest BCUT2D eigenvalue weighted by atomic mass is 10.1. The average molecular weight is 336 g/mol.